The van der Waals surface area contributed by atoms with Gasteiger partial charge in [-0.1, -0.05) is 13.0 Å². The zero-order chi connectivity index (χ0) is 17.4. The summed E-state index contributed by atoms with van der Waals surface area (Å²) in [6, 6.07) is 9.94. The first kappa shape index (κ1) is 15.7. The van der Waals surface area contributed by atoms with Gasteiger partial charge in [-0.05, 0) is 36.8 Å². The van der Waals surface area contributed by atoms with Crippen molar-refractivity contribution < 1.29 is 4.39 Å². The first-order valence-electron chi connectivity index (χ1n) is 7.92. The van der Waals surface area contributed by atoms with Crippen molar-refractivity contribution in [3.05, 3.63) is 75.7 Å². The van der Waals surface area contributed by atoms with E-state index in [1.807, 2.05) is 12.1 Å². The number of aromatic nitrogens is 4. The number of benzene rings is 1. The van der Waals surface area contributed by atoms with Crippen LogP contribution < -0.4 is 5.56 Å². The second kappa shape index (κ2) is 6.25. The number of nitrogens with zero attached hydrogens (tertiary/aromatic N) is 4. The minimum atomic E-state index is -0.315. The topological polar surface area (TPSA) is 52.7 Å². The summed E-state index contributed by atoms with van der Waals surface area (Å²) < 4.78 is 16.5. The maximum Gasteiger partial charge on any atom is 0.262 e. The molecule has 0 fully saturated rings. The van der Waals surface area contributed by atoms with Gasteiger partial charge in [0.15, 0.2) is 0 Å². The van der Waals surface area contributed by atoms with E-state index in [9.17, 15) is 9.18 Å². The fourth-order valence-electron chi connectivity index (χ4n) is 2.68. The van der Waals surface area contributed by atoms with Gasteiger partial charge in [-0.2, -0.15) is 5.10 Å². The molecule has 3 aromatic heterocycles. The van der Waals surface area contributed by atoms with Crippen molar-refractivity contribution >= 4 is 21.6 Å². The molecule has 126 valence electrons. The van der Waals surface area contributed by atoms with E-state index in [0.717, 1.165) is 16.1 Å². The van der Waals surface area contributed by atoms with Crippen LogP contribution in [-0.2, 0) is 13.0 Å². The highest BCUT2D eigenvalue weighted by molar-refractivity contribution is 7.18. The molecule has 4 aromatic rings. The molecule has 0 radical (unpaired) electrons. The zero-order valence-corrected chi connectivity index (χ0v) is 14.3. The highest BCUT2D eigenvalue weighted by atomic mass is 32.1. The maximum absolute atomic E-state index is 13.3. The fourth-order valence-corrected chi connectivity index (χ4v) is 3.61. The molecule has 25 heavy (non-hydrogen) atoms. The van der Waals surface area contributed by atoms with Gasteiger partial charge in [0.25, 0.3) is 5.56 Å². The number of rotatable bonds is 4. The van der Waals surface area contributed by atoms with E-state index in [1.165, 1.54) is 12.1 Å². The molecule has 0 bridgehead atoms. The standard InChI is InChI=1S/C18H15FN4OS/c1-2-15-9-16-17(25-15)20-11-22(18(16)24)10-13-6-7-23(21-13)14-5-3-4-12(19)8-14/h3-9,11H,2,10H2,1H3. The SMILES string of the molecule is CCc1cc2c(=O)n(Cc3ccn(-c4cccc(F)c4)n3)cnc2s1. The van der Waals surface area contributed by atoms with Gasteiger partial charge in [-0.15, -0.1) is 11.3 Å². The van der Waals surface area contributed by atoms with Gasteiger partial charge in [0.05, 0.1) is 29.6 Å². The molecule has 0 atom stereocenters. The second-order valence-corrected chi connectivity index (χ2v) is 6.81. The molecule has 0 spiro atoms. The Kier molecular flexibility index (Phi) is 3.93. The minimum Gasteiger partial charge on any atom is -0.293 e. The minimum absolute atomic E-state index is 0.0683. The van der Waals surface area contributed by atoms with E-state index in [2.05, 4.69) is 17.0 Å². The van der Waals surface area contributed by atoms with E-state index >= 15 is 0 Å². The van der Waals surface area contributed by atoms with E-state index < -0.39 is 0 Å². The molecular weight excluding hydrogens is 339 g/mol. The lowest BCUT2D eigenvalue weighted by molar-refractivity contribution is 0.625. The maximum atomic E-state index is 13.3. The lowest BCUT2D eigenvalue weighted by atomic mass is 10.3. The molecule has 7 heteroatoms. The monoisotopic (exact) mass is 354 g/mol. The van der Waals surface area contributed by atoms with Gasteiger partial charge in [0.2, 0.25) is 0 Å². The molecule has 5 nitrogen and oxygen atoms in total. The quantitative estimate of drug-likeness (QED) is 0.564. The Hall–Kier alpha value is -2.80. The van der Waals surface area contributed by atoms with Gasteiger partial charge in [-0.25, -0.2) is 14.1 Å². The second-order valence-electron chi connectivity index (χ2n) is 5.69. The van der Waals surface area contributed by atoms with E-state index in [1.54, 1.807) is 45.2 Å². The van der Waals surface area contributed by atoms with E-state index in [-0.39, 0.29) is 11.4 Å². The fraction of sp³-hybridized carbons (Fsp3) is 0.167. The third-order valence-electron chi connectivity index (χ3n) is 3.97. The first-order chi connectivity index (χ1) is 12.1. The number of thiophene rings is 1. The van der Waals surface area contributed by atoms with Crippen LogP contribution in [0.1, 0.15) is 17.5 Å². The first-order valence-corrected chi connectivity index (χ1v) is 8.74. The Bertz CT molecular complexity index is 1110. The summed E-state index contributed by atoms with van der Waals surface area (Å²) in [5.74, 6) is -0.315. The Morgan fingerprint density at radius 1 is 1.24 bits per heavy atom. The molecule has 0 N–H and O–H groups in total. The Morgan fingerprint density at radius 2 is 2.12 bits per heavy atom. The number of fused-ring (bicyclic) bond motifs is 1. The molecule has 0 saturated carbocycles. The van der Waals surface area contributed by atoms with Gasteiger partial charge < -0.3 is 0 Å². The number of aryl methyl sites for hydroxylation is 1. The van der Waals surface area contributed by atoms with Crippen LogP contribution >= 0.6 is 11.3 Å². The van der Waals surface area contributed by atoms with Crippen LogP contribution in [0, 0.1) is 5.82 Å². The summed E-state index contributed by atoms with van der Waals surface area (Å²) in [6.45, 7) is 2.38. The summed E-state index contributed by atoms with van der Waals surface area (Å²) in [7, 11) is 0. The summed E-state index contributed by atoms with van der Waals surface area (Å²) in [6.07, 6.45) is 4.20. The Morgan fingerprint density at radius 3 is 2.92 bits per heavy atom. The van der Waals surface area contributed by atoms with Crippen molar-refractivity contribution in [1.82, 2.24) is 19.3 Å². The third-order valence-corrected chi connectivity index (χ3v) is 5.15. The molecular formula is C18H15FN4OS. The van der Waals surface area contributed by atoms with Gasteiger partial charge >= 0.3 is 0 Å². The van der Waals surface area contributed by atoms with Crippen molar-refractivity contribution in [2.45, 2.75) is 19.9 Å². The predicted octanol–water partition coefficient (Wildman–Crippen LogP) is 3.39. The van der Waals surface area contributed by atoms with Crippen molar-refractivity contribution in [3.63, 3.8) is 0 Å². The highest BCUT2D eigenvalue weighted by Crippen LogP contribution is 2.21. The number of hydrogen-bond acceptors (Lipinski definition) is 4. The largest absolute Gasteiger partial charge is 0.293 e. The molecule has 0 unspecified atom stereocenters. The average Bonchev–Trinajstić information content (AvgIpc) is 3.24. The van der Waals surface area contributed by atoms with Crippen LogP contribution in [0.2, 0.25) is 0 Å². The normalized spacial score (nSPS) is 11.3. The molecule has 0 aliphatic heterocycles. The summed E-state index contributed by atoms with van der Waals surface area (Å²) in [5, 5.41) is 5.07. The summed E-state index contributed by atoms with van der Waals surface area (Å²) >= 11 is 1.55. The van der Waals surface area contributed by atoms with Gasteiger partial charge in [0.1, 0.15) is 10.6 Å². The number of hydrogen-bond donors (Lipinski definition) is 0. The van der Waals surface area contributed by atoms with Crippen LogP contribution in [0.25, 0.3) is 15.9 Å². The van der Waals surface area contributed by atoms with Crippen molar-refractivity contribution in [2.75, 3.05) is 0 Å². The van der Waals surface area contributed by atoms with Crippen LogP contribution in [-0.4, -0.2) is 19.3 Å². The molecule has 4 rings (SSSR count). The predicted molar refractivity (Wildman–Crippen MR) is 95.9 cm³/mol. The molecule has 0 saturated heterocycles. The lowest BCUT2D eigenvalue weighted by Crippen LogP contribution is -2.20. The molecule has 3 heterocycles. The smallest absolute Gasteiger partial charge is 0.262 e. The molecule has 0 aliphatic carbocycles. The van der Waals surface area contributed by atoms with Gasteiger partial charge in [0, 0.05) is 11.1 Å². The third kappa shape index (κ3) is 2.98. The van der Waals surface area contributed by atoms with Crippen LogP contribution in [0.3, 0.4) is 0 Å². The average molecular weight is 354 g/mol. The zero-order valence-electron chi connectivity index (χ0n) is 13.5. The molecule has 1 aromatic carbocycles. The van der Waals surface area contributed by atoms with Crippen molar-refractivity contribution in [1.29, 1.82) is 0 Å². The van der Waals surface area contributed by atoms with Crippen molar-refractivity contribution in [3.8, 4) is 5.69 Å². The van der Waals surface area contributed by atoms with Crippen LogP contribution in [0.15, 0.2) is 53.7 Å². The number of halogens is 1. The van der Waals surface area contributed by atoms with Gasteiger partial charge in [-0.3, -0.25) is 9.36 Å². The Labute approximate surface area is 147 Å². The molecule has 0 aliphatic rings. The van der Waals surface area contributed by atoms with E-state index in [4.69, 9.17) is 0 Å². The van der Waals surface area contributed by atoms with Crippen LogP contribution in [0.4, 0.5) is 4.39 Å². The highest BCUT2D eigenvalue weighted by Gasteiger charge is 2.10. The van der Waals surface area contributed by atoms with E-state index in [0.29, 0.717) is 23.3 Å². The summed E-state index contributed by atoms with van der Waals surface area (Å²) in [4.78, 5) is 18.9. The van der Waals surface area contributed by atoms with Crippen molar-refractivity contribution in [2.24, 2.45) is 0 Å². The lowest BCUT2D eigenvalue weighted by Gasteiger charge is -2.03. The van der Waals surface area contributed by atoms with Crippen LogP contribution in [0.5, 0.6) is 0 Å². The Balaban J connectivity index is 1.66. The summed E-state index contributed by atoms with van der Waals surface area (Å²) in [5.41, 5.74) is 1.28. The molecule has 0 amide bonds.